The van der Waals surface area contributed by atoms with Gasteiger partial charge in [-0.3, -0.25) is 4.79 Å². The van der Waals surface area contributed by atoms with E-state index in [1.165, 1.54) is 12.1 Å². The maximum atomic E-state index is 12.9. The SMILES string of the molecule is COc1ccc(C(C(N)=O)C2(c3c(Cl)cccc3Cl)Nc3ccc(C(=O)O)cc3N2)cc1. The fraction of sp³-hybridized carbons (Fsp3) is 0.130. The average Bonchev–Trinajstić information content (AvgIpc) is 3.12. The van der Waals surface area contributed by atoms with Crippen molar-refractivity contribution < 1.29 is 19.4 Å². The summed E-state index contributed by atoms with van der Waals surface area (Å²) in [6.45, 7) is 0. The monoisotopic (exact) mass is 471 g/mol. The third kappa shape index (κ3) is 3.59. The van der Waals surface area contributed by atoms with Crippen molar-refractivity contribution >= 4 is 46.5 Å². The smallest absolute Gasteiger partial charge is 0.335 e. The van der Waals surface area contributed by atoms with Crippen molar-refractivity contribution in [2.45, 2.75) is 11.6 Å². The van der Waals surface area contributed by atoms with Crippen molar-refractivity contribution in [3.63, 3.8) is 0 Å². The number of rotatable bonds is 6. The lowest BCUT2D eigenvalue weighted by Gasteiger charge is -2.39. The standard InChI is InChI=1S/C23H19Cl2N3O4/c1-32-14-8-5-12(6-9-14)19(21(26)29)23(20-15(24)3-2-4-16(20)25)27-17-10-7-13(22(30)31)11-18(17)28-23/h2-11,19,27-28H,1H3,(H2,26,29)(H,30,31). The number of aromatic carboxylic acids is 1. The van der Waals surface area contributed by atoms with Gasteiger partial charge in [-0.2, -0.15) is 0 Å². The quantitative estimate of drug-likeness (QED) is 0.415. The zero-order valence-electron chi connectivity index (χ0n) is 16.9. The Bertz CT molecular complexity index is 1200. The summed E-state index contributed by atoms with van der Waals surface area (Å²) in [6.07, 6.45) is 0. The minimum atomic E-state index is -1.38. The maximum Gasteiger partial charge on any atom is 0.335 e. The van der Waals surface area contributed by atoms with Crippen molar-refractivity contribution in [2.24, 2.45) is 5.73 Å². The van der Waals surface area contributed by atoms with Crippen LogP contribution in [-0.4, -0.2) is 24.1 Å². The summed E-state index contributed by atoms with van der Waals surface area (Å²) < 4.78 is 5.22. The summed E-state index contributed by atoms with van der Waals surface area (Å²) in [7, 11) is 1.54. The minimum absolute atomic E-state index is 0.0826. The molecule has 3 aromatic carbocycles. The number of primary amides is 1. The van der Waals surface area contributed by atoms with Gasteiger partial charge in [0.25, 0.3) is 0 Å². The van der Waals surface area contributed by atoms with Crippen LogP contribution >= 0.6 is 23.2 Å². The van der Waals surface area contributed by atoms with Gasteiger partial charge in [-0.1, -0.05) is 41.4 Å². The number of carboxylic acid groups (broad SMARTS) is 1. The lowest BCUT2D eigenvalue weighted by atomic mass is 9.80. The lowest BCUT2D eigenvalue weighted by Crippen LogP contribution is -2.50. The molecular weight excluding hydrogens is 453 g/mol. The van der Waals surface area contributed by atoms with Crippen LogP contribution in [0, 0.1) is 0 Å². The summed E-state index contributed by atoms with van der Waals surface area (Å²) in [4.78, 5) is 24.4. The number of amides is 1. The van der Waals surface area contributed by atoms with E-state index in [9.17, 15) is 14.7 Å². The number of benzene rings is 3. The van der Waals surface area contributed by atoms with Gasteiger partial charge in [0.05, 0.1) is 24.0 Å². The lowest BCUT2D eigenvalue weighted by molar-refractivity contribution is -0.120. The molecule has 2 atom stereocenters. The number of nitrogens with one attached hydrogen (secondary N) is 2. The molecule has 0 saturated heterocycles. The molecule has 2 unspecified atom stereocenters. The van der Waals surface area contributed by atoms with Gasteiger partial charge in [0.1, 0.15) is 11.7 Å². The molecule has 32 heavy (non-hydrogen) atoms. The van der Waals surface area contributed by atoms with E-state index in [2.05, 4.69) is 10.6 Å². The van der Waals surface area contributed by atoms with E-state index in [4.69, 9.17) is 33.7 Å². The molecule has 0 aromatic heterocycles. The Morgan fingerprint density at radius 2 is 1.62 bits per heavy atom. The summed E-state index contributed by atoms with van der Waals surface area (Å²) in [5.41, 5.74) is 6.67. The van der Waals surface area contributed by atoms with E-state index >= 15 is 0 Å². The Kier molecular flexibility index (Phi) is 5.62. The van der Waals surface area contributed by atoms with Gasteiger partial charge in [-0.15, -0.1) is 0 Å². The van der Waals surface area contributed by atoms with Crippen LogP contribution in [-0.2, 0) is 10.5 Å². The molecule has 1 aliphatic rings. The van der Waals surface area contributed by atoms with Gasteiger partial charge in [0.15, 0.2) is 5.66 Å². The second-order valence-corrected chi connectivity index (χ2v) is 8.14. The zero-order valence-corrected chi connectivity index (χ0v) is 18.4. The zero-order chi connectivity index (χ0) is 23.0. The molecule has 0 radical (unpaired) electrons. The van der Waals surface area contributed by atoms with Crippen LogP contribution in [0.2, 0.25) is 10.0 Å². The molecular formula is C23H19Cl2N3O4. The molecule has 7 nitrogen and oxygen atoms in total. The molecule has 9 heteroatoms. The molecule has 5 N–H and O–H groups in total. The van der Waals surface area contributed by atoms with Crippen LogP contribution in [0.3, 0.4) is 0 Å². The van der Waals surface area contributed by atoms with Crippen LogP contribution in [0.4, 0.5) is 11.4 Å². The number of carbonyl (C=O) groups is 2. The third-order valence-corrected chi connectivity index (χ3v) is 6.08. The minimum Gasteiger partial charge on any atom is -0.497 e. The van der Waals surface area contributed by atoms with E-state index < -0.39 is 23.5 Å². The Balaban J connectivity index is 1.95. The topological polar surface area (TPSA) is 114 Å². The van der Waals surface area contributed by atoms with Gasteiger partial charge >= 0.3 is 5.97 Å². The second-order valence-electron chi connectivity index (χ2n) is 7.33. The molecule has 1 heterocycles. The van der Waals surface area contributed by atoms with Crippen molar-refractivity contribution in [1.82, 2.24) is 0 Å². The average molecular weight is 472 g/mol. The molecule has 0 fully saturated rings. The summed E-state index contributed by atoms with van der Waals surface area (Å²) in [6, 6.07) is 16.5. The van der Waals surface area contributed by atoms with Crippen LogP contribution in [0.25, 0.3) is 0 Å². The first kappa shape index (κ1) is 21.8. The number of methoxy groups -OCH3 is 1. The van der Waals surface area contributed by atoms with Crippen molar-refractivity contribution in [1.29, 1.82) is 0 Å². The molecule has 4 rings (SSSR count). The van der Waals surface area contributed by atoms with Gasteiger partial charge < -0.3 is 26.2 Å². The van der Waals surface area contributed by atoms with E-state index in [1.807, 2.05) is 0 Å². The first-order valence-electron chi connectivity index (χ1n) is 9.58. The Morgan fingerprint density at radius 3 is 2.19 bits per heavy atom. The summed E-state index contributed by atoms with van der Waals surface area (Å²) in [5.74, 6) is -2.09. The predicted octanol–water partition coefficient (Wildman–Crippen LogP) is 4.66. The van der Waals surface area contributed by atoms with E-state index in [0.29, 0.717) is 38.3 Å². The first-order valence-corrected chi connectivity index (χ1v) is 10.3. The number of hydrogen-bond acceptors (Lipinski definition) is 5. The van der Waals surface area contributed by atoms with Crippen LogP contribution in [0.1, 0.15) is 27.4 Å². The second kappa shape index (κ2) is 8.26. The highest BCUT2D eigenvalue weighted by Gasteiger charge is 2.51. The Morgan fingerprint density at radius 1 is 1.00 bits per heavy atom. The highest BCUT2D eigenvalue weighted by atomic mass is 35.5. The van der Waals surface area contributed by atoms with Gasteiger partial charge in [0.2, 0.25) is 5.91 Å². The maximum absolute atomic E-state index is 12.9. The van der Waals surface area contributed by atoms with Crippen LogP contribution in [0.5, 0.6) is 5.75 Å². The Hall–Kier alpha value is -3.42. The molecule has 0 bridgehead atoms. The number of fused-ring (bicyclic) bond motifs is 1. The molecule has 0 spiro atoms. The van der Waals surface area contributed by atoms with Gasteiger partial charge in [-0.25, -0.2) is 4.79 Å². The number of halogens is 2. The van der Waals surface area contributed by atoms with E-state index in [1.54, 1.807) is 55.6 Å². The molecule has 3 aromatic rings. The van der Waals surface area contributed by atoms with E-state index in [-0.39, 0.29) is 5.56 Å². The number of nitrogens with two attached hydrogens (primary N) is 1. The van der Waals surface area contributed by atoms with Crippen LogP contribution < -0.4 is 21.1 Å². The predicted molar refractivity (Wildman–Crippen MR) is 124 cm³/mol. The number of ether oxygens (including phenoxy) is 1. The van der Waals surface area contributed by atoms with Crippen molar-refractivity contribution in [3.05, 3.63) is 87.4 Å². The Labute approximate surface area is 194 Å². The number of anilines is 2. The normalized spacial score (nSPS) is 17.6. The summed E-state index contributed by atoms with van der Waals surface area (Å²) in [5, 5.41) is 16.6. The summed E-state index contributed by atoms with van der Waals surface area (Å²) >= 11 is 13.2. The molecule has 1 aliphatic heterocycles. The molecule has 0 saturated carbocycles. The highest BCUT2D eigenvalue weighted by molar-refractivity contribution is 6.36. The number of carboxylic acids is 1. The van der Waals surface area contributed by atoms with Gasteiger partial charge in [0, 0.05) is 15.6 Å². The fourth-order valence-electron chi connectivity index (χ4n) is 4.06. The third-order valence-electron chi connectivity index (χ3n) is 5.45. The molecule has 164 valence electrons. The number of carbonyl (C=O) groups excluding carboxylic acids is 1. The largest absolute Gasteiger partial charge is 0.497 e. The molecule has 1 amide bonds. The first-order chi connectivity index (χ1) is 15.3. The van der Waals surface area contributed by atoms with Crippen molar-refractivity contribution in [2.75, 3.05) is 17.7 Å². The number of hydrogen-bond donors (Lipinski definition) is 4. The van der Waals surface area contributed by atoms with Crippen LogP contribution in [0.15, 0.2) is 60.7 Å². The van der Waals surface area contributed by atoms with Crippen molar-refractivity contribution in [3.8, 4) is 5.75 Å². The highest BCUT2D eigenvalue weighted by Crippen LogP contribution is 2.51. The van der Waals surface area contributed by atoms with E-state index in [0.717, 1.165) is 0 Å². The molecule has 0 aliphatic carbocycles. The van der Waals surface area contributed by atoms with Gasteiger partial charge in [-0.05, 0) is 48.0 Å². The fourth-order valence-corrected chi connectivity index (χ4v) is 4.75.